The van der Waals surface area contributed by atoms with Crippen LogP contribution in [-0.4, -0.2) is 30.8 Å². The first kappa shape index (κ1) is 15.2. The highest BCUT2D eigenvalue weighted by atomic mass is 32.2. The first-order valence-electron chi connectivity index (χ1n) is 7.66. The maximum Gasteiger partial charge on any atom is 0.254 e. The Balaban J connectivity index is 1.75. The molecule has 0 aromatic carbocycles. The maximum absolute atomic E-state index is 12.7. The van der Waals surface area contributed by atoms with E-state index in [9.17, 15) is 8.42 Å². The van der Waals surface area contributed by atoms with Crippen LogP contribution in [0.4, 0.5) is 5.13 Å². The number of nitrogens with zero attached hydrogens (tertiary/aromatic N) is 2. The zero-order valence-corrected chi connectivity index (χ0v) is 14.1. The molecule has 0 bridgehead atoms. The normalized spacial score (nSPS) is 23.5. The highest BCUT2D eigenvalue weighted by Crippen LogP contribution is 2.45. The van der Waals surface area contributed by atoms with Crippen molar-refractivity contribution in [3.63, 3.8) is 0 Å². The fraction of sp³-hybridized carbons (Fsp3) is 0.786. The lowest BCUT2D eigenvalue weighted by Crippen LogP contribution is -2.43. The molecule has 3 rings (SSSR count). The first-order valence-corrected chi connectivity index (χ1v) is 9.92. The summed E-state index contributed by atoms with van der Waals surface area (Å²) in [5, 5.41) is 0.326. The van der Waals surface area contributed by atoms with Crippen molar-refractivity contribution in [3.8, 4) is 0 Å². The molecule has 1 aliphatic carbocycles. The molecule has 1 saturated heterocycles. The van der Waals surface area contributed by atoms with Crippen LogP contribution >= 0.6 is 11.3 Å². The number of nitrogen functional groups attached to an aromatic ring is 1. The third-order valence-corrected chi connectivity index (χ3v) is 8.51. The van der Waals surface area contributed by atoms with Gasteiger partial charge in [-0.1, -0.05) is 30.6 Å². The molecule has 2 heterocycles. The molecule has 1 saturated carbocycles. The van der Waals surface area contributed by atoms with Crippen LogP contribution in [0, 0.1) is 12.3 Å². The summed E-state index contributed by atoms with van der Waals surface area (Å²) in [4.78, 5) is 4.05. The molecule has 0 unspecified atom stereocenters. The number of piperidine rings is 1. The van der Waals surface area contributed by atoms with Crippen LogP contribution in [0.3, 0.4) is 0 Å². The van der Waals surface area contributed by atoms with Crippen LogP contribution in [0.1, 0.15) is 50.6 Å². The van der Waals surface area contributed by atoms with Crippen molar-refractivity contribution < 1.29 is 8.42 Å². The summed E-state index contributed by atoms with van der Waals surface area (Å²) in [6.07, 6.45) is 8.48. The van der Waals surface area contributed by atoms with Crippen LogP contribution in [0.2, 0.25) is 0 Å². The monoisotopic (exact) mass is 329 g/mol. The van der Waals surface area contributed by atoms with Crippen molar-refractivity contribution >= 4 is 26.5 Å². The Bertz CT molecular complexity index is 608. The molecule has 2 N–H and O–H groups in total. The van der Waals surface area contributed by atoms with Gasteiger partial charge in [0.05, 0.1) is 5.69 Å². The number of aromatic nitrogens is 1. The van der Waals surface area contributed by atoms with Gasteiger partial charge in [0, 0.05) is 13.1 Å². The van der Waals surface area contributed by atoms with Gasteiger partial charge in [-0.05, 0) is 38.0 Å². The molecule has 0 amide bonds. The summed E-state index contributed by atoms with van der Waals surface area (Å²) in [6, 6.07) is 0. The predicted octanol–water partition coefficient (Wildman–Crippen LogP) is 2.77. The lowest BCUT2D eigenvalue weighted by Gasteiger charge is -2.43. The number of hydrogen-bond donors (Lipinski definition) is 1. The zero-order valence-electron chi connectivity index (χ0n) is 12.5. The fourth-order valence-corrected chi connectivity index (χ4v) is 6.64. The molecule has 1 spiro atoms. The van der Waals surface area contributed by atoms with E-state index in [4.69, 9.17) is 5.73 Å². The Morgan fingerprint density at radius 3 is 2.29 bits per heavy atom. The second-order valence-corrected chi connectivity index (χ2v) is 9.55. The zero-order chi connectivity index (χ0) is 15.1. The van der Waals surface area contributed by atoms with Crippen LogP contribution in [0.5, 0.6) is 0 Å². The third-order valence-electron chi connectivity index (χ3n) is 5.04. The number of aryl methyl sites for hydroxylation is 1. The molecule has 5 nitrogen and oxygen atoms in total. The summed E-state index contributed by atoms with van der Waals surface area (Å²) in [6.45, 7) is 2.99. The minimum atomic E-state index is -3.42. The highest BCUT2D eigenvalue weighted by molar-refractivity contribution is 7.91. The van der Waals surface area contributed by atoms with Gasteiger partial charge in [0.25, 0.3) is 10.0 Å². The SMILES string of the molecule is Cc1nc(N)sc1S(=O)(=O)N1CCC2(CCCCC2)CC1. The smallest absolute Gasteiger partial charge is 0.254 e. The standard InChI is InChI=1S/C14H23N3O2S2/c1-11-12(20-13(15)16-11)21(18,19)17-9-7-14(8-10-17)5-3-2-4-6-14/h2-10H2,1H3,(H2,15,16). The van der Waals surface area contributed by atoms with Crippen LogP contribution in [0.25, 0.3) is 0 Å². The molecule has 2 fully saturated rings. The van der Waals surface area contributed by atoms with Crippen molar-refractivity contribution in [3.05, 3.63) is 5.69 Å². The van der Waals surface area contributed by atoms with Gasteiger partial charge in [-0.2, -0.15) is 4.31 Å². The molecule has 1 aliphatic heterocycles. The Morgan fingerprint density at radius 1 is 1.14 bits per heavy atom. The van der Waals surface area contributed by atoms with Crippen molar-refractivity contribution in [2.45, 2.75) is 56.1 Å². The Labute approximate surface area is 130 Å². The predicted molar refractivity (Wildman–Crippen MR) is 84.8 cm³/mol. The van der Waals surface area contributed by atoms with Crippen molar-refractivity contribution in [2.24, 2.45) is 5.41 Å². The van der Waals surface area contributed by atoms with Gasteiger partial charge < -0.3 is 5.73 Å². The van der Waals surface area contributed by atoms with Crippen LogP contribution in [0.15, 0.2) is 4.21 Å². The highest BCUT2D eigenvalue weighted by Gasteiger charge is 2.39. The molecular formula is C14H23N3O2S2. The number of anilines is 1. The number of sulfonamides is 1. The van der Waals surface area contributed by atoms with Gasteiger partial charge in [-0.3, -0.25) is 0 Å². The summed E-state index contributed by atoms with van der Waals surface area (Å²) in [5.41, 5.74) is 6.57. The van der Waals surface area contributed by atoms with Crippen molar-refractivity contribution in [2.75, 3.05) is 18.8 Å². The Kier molecular flexibility index (Phi) is 4.00. The quantitative estimate of drug-likeness (QED) is 0.905. The van der Waals surface area contributed by atoms with E-state index in [1.165, 1.54) is 32.1 Å². The summed E-state index contributed by atoms with van der Waals surface area (Å²) >= 11 is 1.08. The van der Waals surface area contributed by atoms with E-state index in [1.54, 1.807) is 11.2 Å². The van der Waals surface area contributed by atoms with Crippen LogP contribution < -0.4 is 5.73 Å². The number of hydrogen-bond acceptors (Lipinski definition) is 5. The molecule has 1 aromatic heterocycles. The van der Waals surface area contributed by atoms with E-state index in [-0.39, 0.29) is 0 Å². The first-order chi connectivity index (χ1) is 9.93. The van der Waals surface area contributed by atoms with Gasteiger partial charge in [0.15, 0.2) is 9.34 Å². The largest absolute Gasteiger partial charge is 0.375 e. The second kappa shape index (κ2) is 5.52. The Hall–Kier alpha value is -0.660. The molecule has 7 heteroatoms. The molecule has 0 atom stereocenters. The van der Waals surface area contributed by atoms with E-state index < -0.39 is 10.0 Å². The minimum absolute atomic E-state index is 0.319. The number of thiazole rings is 1. The van der Waals surface area contributed by atoms with E-state index in [0.717, 1.165) is 24.2 Å². The van der Waals surface area contributed by atoms with Gasteiger partial charge in [-0.15, -0.1) is 0 Å². The van der Waals surface area contributed by atoms with E-state index >= 15 is 0 Å². The average Bonchev–Trinajstić information content (AvgIpc) is 2.80. The Morgan fingerprint density at radius 2 is 1.76 bits per heavy atom. The van der Waals surface area contributed by atoms with Gasteiger partial charge in [0.2, 0.25) is 0 Å². The fourth-order valence-electron chi connectivity index (χ4n) is 3.76. The summed E-state index contributed by atoms with van der Waals surface area (Å²) in [7, 11) is -3.42. The van der Waals surface area contributed by atoms with Gasteiger partial charge in [-0.25, -0.2) is 13.4 Å². The van der Waals surface area contributed by atoms with Gasteiger partial charge >= 0.3 is 0 Å². The van der Waals surface area contributed by atoms with E-state index in [1.807, 2.05) is 0 Å². The van der Waals surface area contributed by atoms with E-state index in [2.05, 4.69) is 4.98 Å². The lowest BCUT2D eigenvalue weighted by atomic mass is 9.68. The van der Waals surface area contributed by atoms with Crippen LogP contribution in [-0.2, 0) is 10.0 Å². The van der Waals surface area contributed by atoms with Crippen molar-refractivity contribution in [1.82, 2.24) is 9.29 Å². The minimum Gasteiger partial charge on any atom is -0.375 e. The lowest BCUT2D eigenvalue weighted by molar-refractivity contribution is 0.102. The molecular weight excluding hydrogens is 306 g/mol. The number of rotatable bonds is 2. The van der Waals surface area contributed by atoms with Gasteiger partial charge in [0.1, 0.15) is 0 Å². The molecule has 0 radical (unpaired) electrons. The summed E-state index contributed by atoms with van der Waals surface area (Å²) in [5.74, 6) is 0. The molecule has 21 heavy (non-hydrogen) atoms. The van der Waals surface area contributed by atoms with E-state index in [0.29, 0.717) is 33.5 Å². The second-order valence-electron chi connectivity index (χ2n) is 6.39. The number of nitrogens with two attached hydrogens (primary N) is 1. The molecule has 2 aliphatic rings. The maximum atomic E-state index is 12.7. The topological polar surface area (TPSA) is 76.3 Å². The molecule has 1 aromatic rings. The molecule has 118 valence electrons. The summed E-state index contributed by atoms with van der Waals surface area (Å²) < 4.78 is 27.4. The third kappa shape index (κ3) is 2.83. The van der Waals surface area contributed by atoms with Crippen molar-refractivity contribution in [1.29, 1.82) is 0 Å². The average molecular weight is 329 g/mol.